The number of aromatic amines is 1. The Kier molecular flexibility index (Phi) is 5.02. The van der Waals surface area contributed by atoms with Crippen molar-refractivity contribution in [2.45, 2.75) is 36.9 Å². The van der Waals surface area contributed by atoms with Crippen LogP contribution in [0.15, 0.2) is 47.4 Å². The highest BCUT2D eigenvalue weighted by atomic mass is 32.2. The second-order valence-electron chi connectivity index (χ2n) is 8.14. The van der Waals surface area contributed by atoms with Crippen molar-refractivity contribution >= 4 is 38.8 Å². The van der Waals surface area contributed by atoms with Crippen LogP contribution < -0.4 is 5.32 Å². The number of carbonyl (C=O) groups excluding carboxylic acids is 3. The Balaban J connectivity index is 1.43. The summed E-state index contributed by atoms with van der Waals surface area (Å²) in [6.07, 6.45) is 0.334. The minimum absolute atomic E-state index is 0.0155. The lowest BCUT2D eigenvalue weighted by Gasteiger charge is -2.29. The van der Waals surface area contributed by atoms with Crippen molar-refractivity contribution in [3.8, 4) is 0 Å². The summed E-state index contributed by atoms with van der Waals surface area (Å²) in [4.78, 5) is 45.7. The molecule has 3 aromatic rings. The molecule has 1 fully saturated rings. The Bertz CT molecular complexity index is 1380. The quantitative estimate of drug-likeness (QED) is 0.541. The van der Waals surface area contributed by atoms with E-state index in [-0.39, 0.29) is 42.3 Å². The molecule has 1 aromatic heterocycles. The number of rotatable bonds is 5. The number of benzene rings is 2. The van der Waals surface area contributed by atoms with Crippen LogP contribution in [0, 0.1) is 0 Å². The first-order chi connectivity index (χ1) is 15.8. The van der Waals surface area contributed by atoms with Crippen LogP contribution in [0.25, 0.3) is 11.0 Å². The van der Waals surface area contributed by atoms with Crippen molar-refractivity contribution in [1.29, 1.82) is 0 Å². The molecule has 0 aliphatic carbocycles. The largest absolute Gasteiger partial charge is 0.341 e. The minimum atomic E-state index is -3.96. The van der Waals surface area contributed by atoms with Crippen LogP contribution in [0.2, 0.25) is 0 Å². The van der Waals surface area contributed by atoms with Gasteiger partial charge in [-0.1, -0.05) is 18.2 Å². The van der Waals surface area contributed by atoms with Crippen LogP contribution in [0.4, 0.5) is 0 Å². The molecule has 0 bridgehead atoms. The molecule has 2 N–H and O–H groups in total. The number of nitrogens with one attached hydrogen (secondary N) is 2. The second kappa shape index (κ2) is 7.78. The average molecular weight is 468 g/mol. The summed E-state index contributed by atoms with van der Waals surface area (Å²) in [5.41, 5.74) is 2.15. The Labute approximate surface area is 189 Å². The first-order valence-corrected chi connectivity index (χ1v) is 11.9. The molecule has 11 heteroatoms. The van der Waals surface area contributed by atoms with E-state index < -0.39 is 27.9 Å². The smallest absolute Gasteiger partial charge is 0.255 e. The van der Waals surface area contributed by atoms with Crippen LogP contribution in [-0.2, 0) is 32.7 Å². The number of nitrogens with zero attached hydrogens (tertiary/aromatic N) is 3. The molecule has 5 rings (SSSR count). The van der Waals surface area contributed by atoms with Crippen molar-refractivity contribution in [3.63, 3.8) is 0 Å². The number of para-hydroxylation sites is 2. The number of piperidine rings is 1. The zero-order valence-electron chi connectivity index (χ0n) is 17.7. The van der Waals surface area contributed by atoms with E-state index in [0.29, 0.717) is 11.4 Å². The van der Waals surface area contributed by atoms with E-state index >= 15 is 0 Å². The van der Waals surface area contributed by atoms with Crippen LogP contribution in [0.1, 0.15) is 34.6 Å². The zero-order chi connectivity index (χ0) is 23.3. The van der Waals surface area contributed by atoms with Gasteiger partial charge in [0.2, 0.25) is 21.8 Å². The molecular weight excluding hydrogens is 446 g/mol. The number of imidazole rings is 1. The van der Waals surface area contributed by atoms with Crippen molar-refractivity contribution in [1.82, 2.24) is 24.5 Å². The average Bonchev–Trinajstić information content (AvgIpc) is 3.34. The monoisotopic (exact) mass is 467 g/mol. The number of fused-ring (bicyclic) bond motifs is 2. The van der Waals surface area contributed by atoms with Crippen LogP contribution in [0.5, 0.6) is 0 Å². The SMILES string of the molecule is CN(Cc1nc2ccccc2[nH]1)S(=O)(=O)c1cccc2c1CN(C1CCC(=O)NC1=O)C2=O. The molecule has 2 aliphatic heterocycles. The Morgan fingerprint density at radius 3 is 2.67 bits per heavy atom. The fraction of sp³-hybridized carbons (Fsp3) is 0.273. The lowest BCUT2D eigenvalue weighted by atomic mass is 10.0. The van der Waals surface area contributed by atoms with Gasteiger partial charge in [-0.25, -0.2) is 13.4 Å². The first kappa shape index (κ1) is 21.3. The lowest BCUT2D eigenvalue weighted by molar-refractivity contribution is -0.136. The molecule has 10 nitrogen and oxygen atoms in total. The van der Waals surface area contributed by atoms with E-state index in [0.717, 1.165) is 11.0 Å². The zero-order valence-corrected chi connectivity index (χ0v) is 18.6. The third kappa shape index (κ3) is 3.58. The highest BCUT2D eigenvalue weighted by molar-refractivity contribution is 7.89. The second-order valence-corrected chi connectivity index (χ2v) is 10.2. The van der Waals surface area contributed by atoms with E-state index in [2.05, 4.69) is 15.3 Å². The number of sulfonamides is 1. The minimum Gasteiger partial charge on any atom is -0.341 e. The van der Waals surface area contributed by atoms with Gasteiger partial charge in [-0.15, -0.1) is 0 Å². The molecular formula is C22H21N5O5S. The van der Waals surface area contributed by atoms with E-state index in [1.165, 1.54) is 28.4 Å². The molecule has 1 saturated heterocycles. The molecule has 1 unspecified atom stereocenters. The Hall–Kier alpha value is -3.57. The van der Waals surface area contributed by atoms with Gasteiger partial charge < -0.3 is 9.88 Å². The summed E-state index contributed by atoms with van der Waals surface area (Å²) in [6.45, 7) is -0.000189. The molecule has 0 spiro atoms. The molecule has 3 heterocycles. The predicted molar refractivity (Wildman–Crippen MR) is 117 cm³/mol. The maximum atomic E-state index is 13.4. The third-order valence-electron chi connectivity index (χ3n) is 6.04. The van der Waals surface area contributed by atoms with Gasteiger partial charge in [0, 0.05) is 31.1 Å². The standard InChI is InChI=1S/C22H21N5O5S/c1-26(12-19-23-15-6-2-3-7-16(15)24-19)33(31,32)18-8-4-5-13-14(18)11-27(22(13)30)17-9-10-20(28)25-21(17)29/h2-8,17H,9-12H2,1H3,(H,23,24)(H,25,28,29). The van der Waals surface area contributed by atoms with Gasteiger partial charge in [-0.3, -0.25) is 19.7 Å². The summed E-state index contributed by atoms with van der Waals surface area (Å²) in [5, 5.41) is 2.25. The fourth-order valence-corrected chi connectivity index (χ4v) is 5.71. The highest BCUT2D eigenvalue weighted by Gasteiger charge is 2.41. The Morgan fingerprint density at radius 1 is 1.12 bits per heavy atom. The van der Waals surface area contributed by atoms with Crippen molar-refractivity contribution in [2.75, 3.05) is 7.05 Å². The van der Waals surface area contributed by atoms with E-state index in [4.69, 9.17) is 0 Å². The fourth-order valence-electron chi connectivity index (χ4n) is 4.34. The molecule has 0 saturated carbocycles. The van der Waals surface area contributed by atoms with E-state index in [1.54, 1.807) is 6.07 Å². The topological polar surface area (TPSA) is 133 Å². The number of amides is 3. The lowest BCUT2D eigenvalue weighted by Crippen LogP contribution is -2.52. The third-order valence-corrected chi connectivity index (χ3v) is 7.93. The maximum absolute atomic E-state index is 13.4. The van der Waals surface area contributed by atoms with Crippen molar-refractivity contribution in [3.05, 3.63) is 59.4 Å². The summed E-state index contributed by atoms with van der Waals surface area (Å²) in [7, 11) is -2.50. The van der Waals surface area contributed by atoms with Gasteiger partial charge in [0.05, 0.1) is 22.5 Å². The Morgan fingerprint density at radius 2 is 1.91 bits per heavy atom. The number of H-pyrrole nitrogens is 1. The molecule has 2 aliphatic rings. The van der Waals surface area contributed by atoms with E-state index in [9.17, 15) is 22.8 Å². The van der Waals surface area contributed by atoms with Gasteiger partial charge >= 0.3 is 0 Å². The molecule has 3 amide bonds. The van der Waals surface area contributed by atoms with E-state index in [1.807, 2.05) is 24.3 Å². The van der Waals surface area contributed by atoms with Gasteiger partial charge in [-0.05, 0) is 30.7 Å². The molecule has 0 radical (unpaired) electrons. The first-order valence-electron chi connectivity index (χ1n) is 10.4. The summed E-state index contributed by atoms with van der Waals surface area (Å²) in [6, 6.07) is 11.1. The summed E-state index contributed by atoms with van der Waals surface area (Å²) in [5.74, 6) is -0.845. The van der Waals surface area contributed by atoms with Crippen LogP contribution in [0.3, 0.4) is 0 Å². The van der Waals surface area contributed by atoms with Crippen molar-refractivity contribution in [2.24, 2.45) is 0 Å². The maximum Gasteiger partial charge on any atom is 0.255 e. The molecule has 33 heavy (non-hydrogen) atoms. The highest BCUT2D eigenvalue weighted by Crippen LogP contribution is 2.33. The van der Waals surface area contributed by atoms with Gasteiger partial charge in [0.25, 0.3) is 5.91 Å². The van der Waals surface area contributed by atoms with Gasteiger partial charge in [0.1, 0.15) is 11.9 Å². The van der Waals surface area contributed by atoms with Crippen molar-refractivity contribution < 1.29 is 22.8 Å². The number of carbonyl (C=O) groups is 3. The van der Waals surface area contributed by atoms with Gasteiger partial charge in [-0.2, -0.15) is 4.31 Å². The number of aromatic nitrogens is 2. The normalized spacial score (nSPS) is 18.8. The van der Waals surface area contributed by atoms with Crippen LogP contribution in [-0.4, -0.2) is 58.4 Å². The predicted octanol–water partition coefficient (Wildman–Crippen LogP) is 1.14. The molecule has 170 valence electrons. The van der Waals surface area contributed by atoms with Gasteiger partial charge in [0.15, 0.2) is 0 Å². The summed E-state index contributed by atoms with van der Waals surface area (Å²) < 4.78 is 28.1. The number of hydrogen-bond acceptors (Lipinski definition) is 6. The molecule has 1 atom stereocenters. The summed E-state index contributed by atoms with van der Waals surface area (Å²) >= 11 is 0. The molecule has 2 aromatic carbocycles. The van der Waals surface area contributed by atoms with Crippen LogP contribution >= 0.6 is 0 Å². The number of hydrogen-bond donors (Lipinski definition) is 2. The number of imide groups is 1.